The molecule has 0 atom stereocenters. The highest BCUT2D eigenvalue weighted by Crippen LogP contribution is 2.22. The quantitative estimate of drug-likeness (QED) is 0.690. The summed E-state index contributed by atoms with van der Waals surface area (Å²) in [4.78, 5) is 23.1. The Morgan fingerprint density at radius 1 is 1.16 bits per heavy atom. The van der Waals surface area contributed by atoms with Gasteiger partial charge in [-0.2, -0.15) is 0 Å². The smallest absolute Gasteiger partial charge is 0.251 e. The average molecular weight is 304 g/mol. The van der Waals surface area contributed by atoms with Gasteiger partial charge in [-0.25, -0.2) is 0 Å². The van der Waals surface area contributed by atoms with Gasteiger partial charge >= 0.3 is 0 Å². The number of hydrogen-bond acceptors (Lipinski definition) is 3. The summed E-state index contributed by atoms with van der Waals surface area (Å²) in [6, 6.07) is 4.52. The molecule has 7 heteroatoms. The lowest BCUT2D eigenvalue weighted by Gasteiger charge is -2.07. The summed E-state index contributed by atoms with van der Waals surface area (Å²) in [5.41, 5.74) is 5.65. The first-order valence-electron chi connectivity index (χ1n) is 5.74. The van der Waals surface area contributed by atoms with E-state index < -0.39 is 0 Å². The maximum atomic E-state index is 11.7. The van der Waals surface area contributed by atoms with Crippen molar-refractivity contribution in [3.05, 3.63) is 33.8 Å². The first-order chi connectivity index (χ1) is 9.04. The molecule has 0 aromatic heterocycles. The zero-order chi connectivity index (χ0) is 14.3. The Hall–Kier alpha value is -1.30. The molecule has 2 amide bonds. The second kappa shape index (κ2) is 7.99. The van der Waals surface area contributed by atoms with E-state index in [0.29, 0.717) is 35.1 Å². The second-order valence-electron chi connectivity index (χ2n) is 3.80. The molecular weight excluding hydrogens is 289 g/mol. The number of nitrogens with one attached hydrogen (secondary N) is 2. The molecule has 4 N–H and O–H groups in total. The van der Waals surface area contributed by atoms with Gasteiger partial charge in [0.25, 0.3) is 5.91 Å². The first kappa shape index (κ1) is 15.8. The van der Waals surface area contributed by atoms with E-state index in [-0.39, 0.29) is 18.4 Å². The molecule has 0 saturated carbocycles. The predicted octanol–water partition coefficient (Wildman–Crippen LogP) is 1.19. The molecule has 0 fully saturated rings. The summed E-state index contributed by atoms with van der Waals surface area (Å²) < 4.78 is 0. The van der Waals surface area contributed by atoms with Gasteiger partial charge < -0.3 is 16.4 Å². The molecule has 0 saturated heterocycles. The van der Waals surface area contributed by atoms with Gasteiger partial charge in [-0.15, -0.1) is 0 Å². The molecule has 1 rings (SSSR count). The van der Waals surface area contributed by atoms with Gasteiger partial charge in [0.1, 0.15) is 0 Å². The van der Waals surface area contributed by atoms with Gasteiger partial charge in [0.05, 0.1) is 16.6 Å². The van der Waals surface area contributed by atoms with Crippen molar-refractivity contribution in [1.29, 1.82) is 0 Å². The number of halogens is 2. The van der Waals surface area contributed by atoms with Gasteiger partial charge in [-0.1, -0.05) is 23.2 Å². The van der Waals surface area contributed by atoms with Gasteiger partial charge in [-0.3, -0.25) is 9.59 Å². The monoisotopic (exact) mass is 303 g/mol. The lowest BCUT2D eigenvalue weighted by atomic mass is 10.2. The summed E-state index contributed by atoms with van der Waals surface area (Å²) >= 11 is 11.5. The summed E-state index contributed by atoms with van der Waals surface area (Å²) in [6.07, 6.45) is 0.701. The van der Waals surface area contributed by atoms with Crippen LogP contribution in [0, 0.1) is 0 Å². The van der Waals surface area contributed by atoms with Crippen molar-refractivity contribution in [1.82, 2.24) is 10.6 Å². The number of nitrogens with two attached hydrogens (primary N) is 1. The number of rotatable bonds is 6. The van der Waals surface area contributed by atoms with E-state index in [2.05, 4.69) is 10.6 Å². The van der Waals surface area contributed by atoms with Crippen molar-refractivity contribution < 1.29 is 9.59 Å². The molecule has 0 aliphatic rings. The lowest BCUT2D eigenvalue weighted by Crippen LogP contribution is -2.37. The minimum Gasteiger partial charge on any atom is -0.355 e. The molecular formula is C12H15Cl2N3O2. The van der Waals surface area contributed by atoms with Crippen molar-refractivity contribution >= 4 is 35.0 Å². The van der Waals surface area contributed by atoms with Crippen LogP contribution in [0.15, 0.2) is 18.2 Å². The van der Waals surface area contributed by atoms with Crippen molar-refractivity contribution in [3.63, 3.8) is 0 Å². The van der Waals surface area contributed by atoms with Crippen LogP contribution in [0.3, 0.4) is 0 Å². The topological polar surface area (TPSA) is 84.2 Å². The molecule has 0 aliphatic heterocycles. The van der Waals surface area contributed by atoms with Gasteiger partial charge in [0.2, 0.25) is 5.91 Å². The molecule has 0 aliphatic carbocycles. The fraction of sp³-hybridized carbons (Fsp3) is 0.333. The largest absolute Gasteiger partial charge is 0.355 e. The van der Waals surface area contributed by atoms with E-state index in [1.165, 1.54) is 18.2 Å². The van der Waals surface area contributed by atoms with Crippen LogP contribution in [0.25, 0.3) is 0 Å². The van der Waals surface area contributed by atoms with Crippen LogP contribution in [0.5, 0.6) is 0 Å². The van der Waals surface area contributed by atoms with Gasteiger partial charge in [0, 0.05) is 12.1 Å². The molecule has 0 unspecified atom stereocenters. The minimum atomic E-state index is -0.382. The molecule has 1 aromatic carbocycles. The molecule has 5 nitrogen and oxygen atoms in total. The highest BCUT2D eigenvalue weighted by atomic mass is 35.5. The zero-order valence-electron chi connectivity index (χ0n) is 10.2. The van der Waals surface area contributed by atoms with Crippen LogP contribution in [0.2, 0.25) is 10.0 Å². The molecule has 0 spiro atoms. The van der Waals surface area contributed by atoms with Crippen molar-refractivity contribution in [2.75, 3.05) is 19.6 Å². The first-order valence-corrected chi connectivity index (χ1v) is 6.50. The number of hydrogen-bond donors (Lipinski definition) is 3. The van der Waals surface area contributed by atoms with E-state index in [1.807, 2.05) is 0 Å². The minimum absolute atomic E-state index is 0.0936. The number of amides is 2. The predicted molar refractivity (Wildman–Crippen MR) is 75.5 cm³/mol. The Kier molecular flexibility index (Phi) is 6.62. The van der Waals surface area contributed by atoms with Gasteiger partial charge in [-0.05, 0) is 31.2 Å². The Labute approximate surface area is 121 Å². The molecule has 0 heterocycles. The number of carbonyl (C=O) groups is 2. The Bertz CT molecular complexity index is 466. The third-order valence-electron chi connectivity index (χ3n) is 2.29. The van der Waals surface area contributed by atoms with Crippen LogP contribution in [-0.4, -0.2) is 31.4 Å². The zero-order valence-corrected chi connectivity index (χ0v) is 11.7. The maximum absolute atomic E-state index is 11.7. The van der Waals surface area contributed by atoms with Crippen LogP contribution in [-0.2, 0) is 4.79 Å². The van der Waals surface area contributed by atoms with E-state index in [0.717, 1.165) is 0 Å². The standard InChI is InChI=1S/C12H15Cl2N3O2/c13-9-3-2-8(6-10(9)14)12(19)17-7-11(18)16-5-1-4-15/h2-3,6H,1,4-5,7,15H2,(H,16,18)(H,17,19). The second-order valence-corrected chi connectivity index (χ2v) is 4.62. The van der Waals surface area contributed by atoms with Crippen LogP contribution in [0.1, 0.15) is 16.8 Å². The molecule has 0 bridgehead atoms. The van der Waals surface area contributed by atoms with E-state index in [4.69, 9.17) is 28.9 Å². The number of carbonyl (C=O) groups excluding carboxylic acids is 2. The van der Waals surface area contributed by atoms with E-state index in [9.17, 15) is 9.59 Å². The van der Waals surface area contributed by atoms with Gasteiger partial charge in [0.15, 0.2) is 0 Å². The van der Waals surface area contributed by atoms with Crippen LogP contribution < -0.4 is 16.4 Å². The maximum Gasteiger partial charge on any atom is 0.251 e. The third-order valence-corrected chi connectivity index (χ3v) is 3.03. The molecule has 19 heavy (non-hydrogen) atoms. The summed E-state index contributed by atoms with van der Waals surface area (Å²) in [7, 11) is 0. The fourth-order valence-electron chi connectivity index (χ4n) is 1.29. The summed E-state index contributed by atoms with van der Waals surface area (Å²) in [5.74, 6) is -0.644. The Morgan fingerprint density at radius 3 is 2.53 bits per heavy atom. The SMILES string of the molecule is NCCCNC(=O)CNC(=O)c1ccc(Cl)c(Cl)c1. The number of benzene rings is 1. The van der Waals surface area contributed by atoms with Crippen molar-refractivity contribution in [2.24, 2.45) is 5.73 Å². The Balaban J connectivity index is 2.42. The highest BCUT2D eigenvalue weighted by molar-refractivity contribution is 6.42. The summed E-state index contributed by atoms with van der Waals surface area (Å²) in [5, 5.41) is 5.78. The van der Waals surface area contributed by atoms with Crippen LogP contribution in [0.4, 0.5) is 0 Å². The Morgan fingerprint density at radius 2 is 1.89 bits per heavy atom. The van der Waals surface area contributed by atoms with Crippen molar-refractivity contribution in [3.8, 4) is 0 Å². The van der Waals surface area contributed by atoms with Crippen molar-refractivity contribution in [2.45, 2.75) is 6.42 Å². The molecule has 0 radical (unpaired) electrons. The third kappa shape index (κ3) is 5.46. The molecule has 104 valence electrons. The van der Waals surface area contributed by atoms with E-state index in [1.54, 1.807) is 0 Å². The normalized spacial score (nSPS) is 10.1. The summed E-state index contributed by atoms with van der Waals surface area (Å²) in [6.45, 7) is 0.914. The lowest BCUT2D eigenvalue weighted by molar-refractivity contribution is -0.120. The van der Waals surface area contributed by atoms with E-state index >= 15 is 0 Å². The molecule has 1 aromatic rings. The fourth-order valence-corrected chi connectivity index (χ4v) is 1.59. The average Bonchev–Trinajstić information content (AvgIpc) is 2.39. The highest BCUT2D eigenvalue weighted by Gasteiger charge is 2.09. The van der Waals surface area contributed by atoms with Crippen LogP contribution >= 0.6 is 23.2 Å².